The molecule has 3 aliphatic rings. The van der Waals surface area contributed by atoms with E-state index in [2.05, 4.69) is 25.0 Å². The Morgan fingerprint density at radius 3 is 2.39 bits per heavy atom. The maximum atomic E-state index is 12.6. The van der Waals surface area contributed by atoms with Crippen LogP contribution in [0.15, 0.2) is 4.99 Å². The summed E-state index contributed by atoms with van der Waals surface area (Å²) in [5.41, 5.74) is 0. The average molecular weight is 438 g/mol. The summed E-state index contributed by atoms with van der Waals surface area (Å²) in [6, 6.07) is 0. The number of hydrogen-bond acceptors (Lipinski definition) is 5. The molecule has 0 atom stereocenters. The van der Waals surface area contributed by atoms with Gasteiger partial charge in [-0.2, -0.15) is 0 Å². The van der Waals surface area contributed by atoms with Crippen LogP contribution in [0.4, 0.5) is 0 Å². The first-order valence-corrected chi connectivity index (χ1v) is 12.4. The van der Waals surface area contributed by atoms with Crippen LogP contribution in [0.25, 0.3) is 0 Å². The maximum absolute atomic E-state index is 12.6. The molecular formula is C23H43N5O3. The van der Waals surface area contributed by atoms with Crippen molar-refractivity contribution in [1.29, 1.82) is 0 Å². The van der Waals surface area contributed by atoms with Gasteiger partial charge in [-0.1, -0.05) is 12.8 Å². The third-order valence-corrected chi connectivity index (χ3v) is 6.64. The van der Waals surface area contributed by atoms with Gasteiger partial charge in [0.2, 0.25) is 5.91 Å². The van der Waals surface area contributed by atoms with Crippen molar-refractivity contribution in [3.05, 3.63) is 0 Å². The van der Waals surface area contributed by atoms with E-state index in [4.69, 9.17) is 9.47 Å². The fourth-order valence-corrected chi connectivity index (χ4v) is 4.60. The van der Waals surface area contributed by atoms with Gasteiger partial charge in [-0.25, -0.2) is 0 Å². The molecule has 0 aromatic carbocycles. The molecule has 0 bridgehead atoms. The minimum absolute atomic E-state index is 0.304. The molecule has 8 heteroatoms. The molecule has 0 radical (unpaired) electrons. The minimum atomic E-state index is 0.304. The Labute approximate surface area is 188 Å². The van der Waals surface area contributed by atoms with Crippen LogP contribution in [-0.2, 0) is 14.3 Å². The van der Waals surface area contributed by atoms with Crippen LogP contribution in [0, 0.1) is 5.92 Å². The summed E-state index contributed by atoms with van der Waals surface area (Å²) in [6.45, 7) is 10.4. The van der Waals surface area contributed by atoms with E-state index < -0.39 is 0 Å². The number of carbonyl (C=O) groups excluding carboxylic acids is 1. The highest BCUT2D eigenvalue weighted by Gasteiger charge is 2.23. The quantitative estimate of drug-likeness (QED) is 0.352. The molecule has 0 spiro atoms. The molecule has 3 saturated heterocycles. The second-order valence-electron chi connectivity index (χ2n) is 9.02. The van der Waals surface area contributed by atoms with E-state index in [1.165, 1.54) is 12.8 Å². The van der Waals surface area contributed by atoms with E-state index >= 15 is 0 Å². The van der Waals surface area contributed by atoms with E-state index in [-0.39, 0.29) is 0 Å². The molecule has 3 rings (SSSR count). The fraction of sp³-hybridized carbons (Fsp3) is 0.913. The number of guanidine groups is 1. The first kappa shape index (κ1) is 24.3. The van der Waals surface area contributed by atoms with Crippen molar-refractivity contribution in [2.24, 2.45) is 10.9 Å². The SMILES string of the molecule is CN=C(NCCCOCC1CCOCC1)N1CCN(CC(=O)N2CCCCCC2)CC1. The van der Waals surface area contributed by atoms with E-state index in [0.717, 1.165) is 110 Å². The zero-order chi connectivity index (χ0) is 21.7. The maximum Gasteiger partial charge on any atom is 0.236 e. The Morgan fingerprint density at radius 1 is 1.00 bits per heavy atom. The lowest BCUT2D eigenvalue weighted by Gasteiger charge is -2.37. The van der Waals surface area contributed by atoms with Crippen LogP contribution >= 0.6 is 0 Å². The zero-order valence-electron chi connectivity index (χ0n) is 19.5. The van der Waals surface area contributed by atoms with Crippen molar-refractivity contribution in [1.82, 2.24) is 20.0 Å². The molecule has 1 N–H and O–H groups in total. The molecule has 3 heterocycles. The average Bonchev–Trinajstić information content (AvgIpc) is 3.10. The number of hydrogen-bond donors (Lipinski definition) is 1. The largest absolute Gasteiger partial charge is 0.381 e. The van der Waals surface area contributed by atoms with Gasteiger partial charge >= 0.3 is 0 Å². The van der Waals surface area contributed by atoms with Crippen LogP contribution in [0.5, 0.6) is 0 Å². The third kappa shape index (κ3) is 8.58. The smallest absolute Gasteiger partial charge is 0.236 e. The van der Waals surface area contributed by atoms with Crippen molar-refractivity contribution in [2.45, 2.75) is 44.9 Å². The highest BCUT2D eigenvalue weighted by molar-refractivity contribution is 5.80. The van der Waals surface area contributed by atoms with Crippen LogP contribution in [-0.4, -0.2) is 112 Å². The number of aliphatic imine (C=N–C) groups is 1. The summed E-state index contributed by atoms with van der Waals surface area (Å²) in [5, 5.41) is 3.47. The number of amides is 1. The van der Waals surface area contributed by atoms with Crippen molar-refractivity contribution < 1.29 is 14.3 Å². The van der Waals surface area contributed by atoms with Gasteiger partial charge in [0.05, 0.1) is 6.54 Å². The third-order valence-electron chi connectivity index (χ3n) is 6.64. The van der Waals surface area contributed by atoms with Gasteiger partial charge in [0, 0.05) is 79.3 Å². The summed E-state index contributed by atoms with van der Waals surface area (Å²) in [5.74, 6) is 1.93. The Balaban J connectivity index is 1.26. The van der Waals surface area contributed by atoms with Crippen molar-refractivity contribution in [3.8, 4) is 0 Å². The van der Waals surface area contributed by atoms with Gasteiger partial charge < -0.3 is 24.6 Å². The summed E-state index contributed by atoms with van der Waals surface area (Å²) >= 11 is 0. The second-order valence-corrected chi connectivity index (χ2v) is 9.02. The number of nitrogens with one attached hydrogen (secondary N) is 1. The van der Waals surface area contributed by atoms with Gasteiger partial charge in [0.1, 0.15) is 0 Å². The summed E-state index contributed by atoms with van der Waals surface area (Å²) < 4.78 is 11.2. The van der Waals surface area contributed by atoms with Crippen molar-refractivity contribution >= 4 is 11.9 Å². The number of rotatable bonds is 8. The summed E-state index contributed by atoms with van der Waals surface area (Å²) in [7, 11) is 1.85. The summed E-state index contributed by atoms with van der Waals surface area (Å²) in [6.07, 6.45) is 8.06. The Hall–Kier alpha value is -1.38. The van der Waals surface area contributed by atoms with Gasteiger partial charge in [-0.05, 0) is 38.0 Å². The number of nitrogens with zero attached hydrogens (tertiary/aromatic N) is 4. The lowest BCUT2D eigenvalue weighted by atomic mass is 10.0. The molecule has 31 heavy (non-hydrogen) atoms. The number of carbonyl (C=O) groups is 1. The van der Waals surface area contributed by atoms with Crippen molar-refractivity contribution in [2.75, 3.05) is 85.8 Å². The minimum Gasteiger partial charge on any atom is -0.381 e. The molecule has 0 aromatic rings. The molecule has 0 aliphatic carbocycles. The first-order valence-electron chi connectivity index (χ1n) is 12.4. The van der Waals surface area contributed by atoms with Crippen LogP contribution in [0.1, 0.15) is 44.9 Å². The topological polar surface area (TPSA) is 69.6 Å². The molecule has 8 nitrogen and oxygen atoms in total. The molecule has 0 unspecified atom stereocenters. The number of piperazine rings is 1. The van der Waals surface area contributed by atoms with E-state index in [0.29, 0.717) is 18.4 Å². The van der Waals surface area contributed by atoms with Crippen LogP contribution in [0.3, 0.4) is 0 Å². The van der Waals surface area contributed by atoms with Gasteiger partial charge in [-0.3, -0.25) is 14.7 Å². The van der Waals surface area contributed by atoms with E-state index in [9.17, 15) is 4.79 Å². The van der Waals surface area contributed by atoms with Gasteiger partial charge in [-0.15, -0.1) is 0 Å². The standard InChI is InChI=1S/C23H43N5O3/c1-24-23(25-9-6-16-31-20-21-7-17-30-18-8-21)28-14-12-26(13-15-28)19-22(29)27-10-4-2-3-5-11-27/h21H,2-20H2,1H3,(H,24,25). The normalized spacial score (nSPS) is 22.4. The molecule has 0 aromatic heterocycles. The highest BCUT2D eigenvalue weighted by Crippen LogP contribution is 2.14. The van der Waals surface area contributed by atoms with Gasteiger partial charge in [0.15, 0.2) is 5.96 Å². The van der Waals surface area contributed by atoms with Crippen LogP contribution in [0.2, 0.25) is 0 Å². The molecule has 1 amide bonds. The Morgan fingerprint density at radius 2 is 1.71 bits per heavy atom. The van der Waals surface area contributed by atoms with Crippen LogP contribution < -0.4 is 5.32 Å². The highest BCUT2D eigenvalue weighted by atomic mass is 16.5. The fourth-order valence-electron chi connectivity index (χ4n) is 4.60. The molecule has 3 fully saturated rings. The number of likely N-dealkylation sites (tertiary alicyclic amines) is 1. The Bertz CT molecular complexity index is 537. The molecule has 0 saturated carbocycles. The first-order chi connectivity index (χ1) is 15.3. The predicted molar refractivity (Wildman–Crippen MR) is 123 cm³/mol. The van der Waals surface area contributed by atoms with E-state index in [1.807, 2.05) is 7.05 Å². The van der Waals surface area contributed by atoms with E-state index in [1.54, 1.807) is 0 Å². The predicted octanol–water partition coefficient (Wildman–Crippen LogP) is 1.42. The van der Waals surface area contributed by atoms with Gasteiger partial charge in [0.25, 0.3) is 0 Å². The zero-order valence-corrected chi connectivity index (χ0v) is 19.5. The molecular weight excluding hydrogens is 394 g/mol. The second kappa shape index (κ2) is 13.9. The molecule has 178 valence electrons. The van der Waals surface area contributed by atoms with Crippen molar-refractivity contribution in [3.63, 3.8) is 0 Å². The monoisotopic (exact) mass is 437 g/mol. The molecule has 3 aliphatic heterocycles. The number of ether oxygens (including phenoxy) is 2. The lowest BCUT2D eigenvalue weighted by Crippen LogP contribution is -2.54. The summed E-state index contributed by atoms with van der Waals surface area (Å²) in [4.78, 5) is 23.8. The lowest BCUT2D eigenvalue weighted by molar-refractivity contribution is -0.132. The Kier molecular flexibility index (Phi) is 10.9.